The number of hydrogen-bond acceptors (Lipinski definition) is 6. The first-order valence-corrected chi connectivity index (χ1v) is 9.38. The molecule has 9 heteroatoms. The molecule has 0 spiro atoms. The molecule has 0 saturated carbocycles. The molecule has 1 fully saturated rings. The van der Waals surface area contributed by atoms with E-state index in [-0.39, 0.29) is 10.9 Å². The van der Waals surface area contributed by atoms with Crippen molar-refractivity contribution in [1.29, 1.82) is 0 Å². The van der Waals surface area contributed by atoms with Crippen molar-refractivity contribution in [2.45, 2.75) is 0 Å². The summed E-state index contributed by atoms with van der Waals surface area (Å²) < 4.78 is 31.0. The molecule has 148 valence electrons. The second kappa shape index (κ2) is 6.93. The Balaban J connectivity index is 1.55. The van der Waals surface area contributed by atoms with Crippen LogP contribution >= 0.6 is 0 Å². The number of anilines is 3. The summed E-state index contributed by atoms with van der Waals surface area (Å²) in [5.41, 5.74) is 2.05. The summed E-state index contributed by atoms with van der Waals surface area (Å²) in [7, 11) is 1.73. The Morgan fingerprint density at radius 2 is 1.86 bits per heavy atom. The molecule has 4 aromatic rings. The number of rotatable bonds is 3. The third kappa shape index (κ3) is 3.23. The van der Waals surface area contributed by atoms with Crippen LogP contribution in [0.5, 0.6) is 0 Å². The van der Waals surface area contributed by atoms with Crippen molar-refractivity contribution < 1.29 is 8.78 Å². The average Bonchev–Trinajstić information content (AvgIpc) is 3.09. The lowest BCUT2D eigenvalue weighted by Crippen LogP contribution is -2.43. The predicted octanol–water partition coefficient (Wildman–Crippen LogP) is 2.95. The van der Waals surface area contributed by atoms with Crippen LogP contribution in [0.4, 0.5) is 26.0 Å². The van der Waals surface area contributed by atoms with Gasteiger partial charge < -0.3 is 15.5 Å². The Bertz CT molecular complexity index is 1210. The maximum atomic E-state index is 15.1. The Morgan fingerprint density at radius 1 is 1.03 bits per heavy atom. The molecule has 1 aliphatic rings. The van der Waals surface area contributed by atoms with E-state index >= 15 is 4.39 Å². The van der Waals surface area contributed by atoms with Gasteiger partial charge in [-0.3, -0.25) is 4.68 Å². The van der Waals surface area contributed by atoms with Gasteiger partial charge in [-0.05, 0) is 24.3 Å². The molecule has 5 rings (SSSR count). The smallest absolute Gasteiger partial charge is 0.153 e. The van der Waals surface area contributed by atoms with Gasteiger partial charge in [-0.2, -0.15) is 5.10 Å². The van der Waals surface area contributed by atoms with E-state index in [4.69, 9.17) is 0 Å². The van der Waals surface area contributed by atoms with E-state index in [1.807, 2.05) is 6.07 Å². The number of nitrogens with one attached hydrogen (secondary N) is 2. The maximum Gasteiger partial charge on any atom is 0.153 e. The van der Waals surface area contributed by atoms with Crippen molar-refractivity contribution in [2.75, 3.05) is 36.4 Å². The van der Waals surface area contributed by atoms with Crippen molar-refractivity contribution in [2.24, 2.45) is 7.05 Å². The standard InChI is InChI=1S/C20H19F2N7/c1-28-10-12-6-13(7-16(22)19(12)27-28)26-20-18-15(21)8-14(9-17(18)24-11-25-20)29-4-2-23-3-5-29/h6-11,23H,2-5H2,1H3,(H,24,25,26). The molecule has 0 atom stereocenters. The van der Waals surface area contributed by atoms with Crippen molar-refractivity contribution in [1.82, 2.24) is 25.1 Å². The molecule has 1 saturated heterocycles. The fraction of sp³-hybridized carbons (Fsp3) is 0.250. The Hall–Kier alpha value is -3.33. The number of piperazine rings is 1. The highest BCUT2D eigenvalue weighted by Gasteiger charge is 2.17. The largest absolute Gasteiger partial charge is 0.369 e. The van der Waals surface area contributed by atoms with Gasteiger partial charge in [-0.25, -0.2) is 18.7 Å². The number of aryl methyl sites for hydroxylation is 1. The highest BCUT2D eigenvalue weighted by Crippen LogP contribution is 2.31. The first-order chi connectivity index (χ1) is 14.1. The van der Waals surface area contributed by atoms with Gasteiger partial charge >= 0.3 is 0 Å². The third-order valence-electron chi connectivity index (χ3n) is 5.10. The molecule has 0 aliphatic carbocycles. The van der Waals surface area contributed by atoms with E-state index < -0.39 is 11.6 Å². The minimum absolute atomic E-state index is 0.276. The summed E-state index contributed by atoms with van der Waals surface area (Å²) in [5.74, 6) is -0.575. The minimum atomic E-state index is -0.453. The molecule has 2 aromatic heterocycles. The summed E-state index contributed by atoms with van der Waals surface area (Å²) in [5, 5.41) is 11.3. The summed E-state index contributed by atoms with van der Waals surface area (Å²) in [6.45, 7) is 3.34. The van der Waals surface area contributed by atoms with Crippen LogP contribution in [-0.4, -0.2) is 45.9 Å². The molecule has 0 bridgehead atoms. The molecular formula is C20H19F2N7. The lowest BCUT2D eigenvalue weighted by Gasteiger charge is -2.29. The first-order valence-electron chi connectivity index (χ1n) is 9.38. The monoisotopic (exact) mass is 395 g/mol. The number of hydrogen-bond donors (Lipinski definition) is 2. The molecule has 0 amide bonds. The fourth-order valence-corrected chi connectivity index (χ4v) is 3.75. The van der Waals surface area contributed by atoms with E-state index in [2.05, 4.69) is 30.6 Å². The zero-order valence-corrected chi connectivity index (χ0v) is 15.8. The quantitative estimate of drug-likeness (QED) is 0.556. The number of halogens is 2. The highest BCUT2D eigenvalue weighted by molar-refractivity contribution is 5.94. The third-order valence-corrected chi connectivity index (χ3v) is 5.10. The van der Waals surface area contributed by atoms with Crippen LogP contribution < -0.4 is 15.5 Å². The van der Waals surface area contributed by atoms with Gasteiger partial charge in [0.15, 0.2) is 5.82 Å². The van der Waals surface area contributed by atoms with E-state index in [0.29, 0.717) is 22.4 Å². The van der Waals surface area contributed by atoms with Gasteiger partial charge in [0.05, 0.1) is 10.9 Å². The van der Waals surface area contributed by atoms with Crippen LogP contribution in [0.15, 0.2) is 36.8 Å². The van der Waals surface area contributed by atoms with Gasteiger partial charge in [0.2, 0.25) is 0 Å². The first kappa shape index (κ1) is 17.7. The number of fused-ring (bicyclic) bond motifs is 2. The highest BCUT2D eigenvalue weighted by atomic mass is 19.1. The zero-order valence-electron chi connectivity index (χ0n) is 15.8. The Kier molecular flexibility index (Phi) is 4.24. The van der Waals surface area contributed by atoms with Crippen molar-refractivity contribution in [3.63, 3.8) is 0 Å². The number of aromatic nitrogens is 4. The van der Waals surface area contributed by atoms with Gasteiger partial charge in [-0.1, -0.05) is 0 Å². The second-order valence-electron chi connectivity index (χ2n) is 7.10. The van der Waals surface area contributed by atoms with Crippen LogP contribution in [0.1, 0.15) is 0 Å². The molecular weight excluding hydrogens is 376 g/mol. The van der Waals surface area contributed by atoms with Crippen molar-refractivity contribution in [3.8, 4) is 0 Å². The lowest BCUT2D eigenvalue weighted by atomic mass is 10.1. The van der Waals surface area contributed by atoms with Crippen LogP contribution in [-0.2, 0) is 7.05 Å². The van der Waals surface area contributed by atoms with Crippen LogP contribution in [0.2, 0.25) is 0 Å². The molecule has 3 heterocycles. The van der Waals surface area contributed by atoms with E-state index in [0.717, 1.165) is 31.9 Å². The van der Waals surface area contributed by atoms with Crippen LogP contribution in [0.25, 0.3) is 21.8 Å². The van der Waals surface area contributed by atoms with Crippen LogP contribution in [0.3, 0.4) is 0 Å². The minimum Gasteiger partial charge on any atom is -0.369 e. The topological polar surface area (TPSA) is 70.9 Å². The number of benzene rings is 2. The molecule has 0 unspecified atom stereocenters. The molecule has 2 aromatic carbocycles. The normalized spacial score (nSPS) is 14.7. The van der Waals surface area contributed by atoms with Gasteiger partial charge in [-0.15, -0.1) is 0 Å². The fourth-order valence-electron chi connectivity index (χ4n) is 3.75. The number of nitrogens with zero attached hydrogens (tertiary/aromatic N) is 5. The average molecular weight is 395 g/mol. The van der Waals surface area contributed by atoms with Gasteiger partial charge in [0, 0.05) is 56.2 Å². The van der Waals surface area contributed by atoms with E-state index in [1.165, 1.54) is 18.5 Å². The zero-order chi connectivity index (χ0) is 20.0. The van der Waals surface area contributed by atoms with Crippen molar-refractivity contribution in [3.05, 3.63) is 48.4 Å². The summed E-state index contributed by atoms with van der Waals surface area (Å²) in [6.07, 6.45) is 3.10. The summed E-state index contributed by atoms with van der Waals surface area (Å²) in [4.78, 5) is 10.6. The summed E-state index contributed by atoms with van der Waals surface area (Å²) in [6, 6.07) is 6.46. The Morgan fingerprint density at radius 3 is 2.69 bits per heavy atom. The van der Waals surface area contributed by atoms with Crippen LogP contribution in [0, 0.1) is 11.6 Å². The lowest BCUT2D eigenvalue weighted by molar-refractivity contribution is 0.586. The van der Waals surface area contributed by atoms with Crippen molar-refractivity contribution >= 4 is 39.0 Å². The van der Waals surface area contributed by atoms with Gasteiger partial charge in [0.1, 0.15) is 23.5 Å². The molecule has 29 heavy (non-hydrogen) atoms. The summed E-state index contributed by atoms with van der Waals surface area (Å²) >= 11 is 0. The predicted molar refractivity (Wildman–Crippen MR) is 109 cm³/mol. The van der Waals surface area contributed by atoms with E-state index in [1.54, 1.807) is 24.0 Å². The SMILES string of the molecule is Cn1cc2cc(Nc3ncnc4cc(N5CCNCC5)cc(F)c34)cc(F)c2n1. The van der Waals surface area contributed by atoms with E-state index in [9.17, 15) is 4.39 Å². The molecule has 2 N–H and O–H groups in total. The molecule has 7 nitrogen and oxygen atoms in total. The maximum absolute atomic E-state index is 15.1. The van der Waals surface area contributed by atoms with Gasteiger partial charge in [0.25, 0.3) is 0 Å². The Labute approximate surface area is 165 Å². The molecule has 1 aliphatic heterocycles. The molecule has 0 radical (unpaired) electrons. The second-order valence-corrected chi connectivity index (χ2v) is 7.10.